The largest absolute Gasteiger partial charge is 0.357 e. The lowest BCUT2D eigenvalue weighted by Gasteiger charge is -2.41. The maximum Gasteiger partial charge on any atom is 0.191 e. The molecule has 0 atom stereocenters. The molecule has 0 aliphatic carbocycles. The first kappa shape index (κ1) is 17.3. The summed E-state index contributed by atoms with van der Waals surface area (Å²) >= 11 is 1.72. The Morgan fingerprint density at radius 3 is 2.68 bits per heavy atom. The second kappa shape index (κ2) is 8.53. The van der Waals surface area contributed by atoms with Crippen LogP contribution in [0.5, 0.6) is 0 Å². The summed E-state index contributed by atoms with van der Waals surface area (Å²) < 4.78 is 0. The van der Waals surface area contributed by atoms with Crippen LogP contribution in [-0.2, 0) is 6.54 Å². The Bertz CT molecular complexity index is 447. The summed E-state index contributed by atoms with van der Waals surface area (Å²) in [6.45, 7) is 11.7. The molecule has 5 heteroatoms. The Hall–Kier alpha value is -1.07. The highest BCUT2D eigenvalue weighted by molar-refractivity contribution is 7.07. The fourth-order valence-electron chi connectivity index (χ4n) is 2.81. The number of thiophene rings is 1. The highest BCUT2D eigenvalue weighted by Crippen LogP contribution is 2.19. The molecule has 22 heavy (non-hydrogen) atoms. The van der Waals surface area contributed by atoms with Crippen molar-refractivity contribution in [1.29, 1.82) is 0 Å². The molecule has 0 saturated carbocycles. The number of guanidine groups is 1. The van der Waals surface area contributed by atoms with E-state index in [9.17, 15) is 0 Å². The summed E-state index contributed by atoms with van der Waals surface area (Å²) in [6, 6.07) is 2.13. The third kappa shape index (κ3) is 5.29. The van der Waals surface area contributed by atoms with Crippen LogP contribution in [-0.4, -0.2) is 42.6 Å². The van der Waals surface area contributed by atoms with E-state index in [4.69, 9.17) is 0 Å². The van der Waals surface area contributed by atoms with E-state index >= 15 is 0 Å². The molecule has 0 unspecified atom stereocenters. The van der Waals surface area contributed by atoms with Crippen molar-refractivity contribution in [1.82, 2.24) is 15.5 Å². The fourth-order valence-corrected chi connectivity index (χ4v) is 3.47. The van der Waals surface area contributed by atoms with Gasteiger partial charge in [-0.25, -0.2) is 4.99 Å². The van der Waals surface area contributed by atoms with Crippen LogP contribution in [0.4, 0.5) is 0 Å². The lowest BCUT2D eigenvalue weighted by atomic mass is 9.98. The standard InChI is InChI=1S/C17H30N4S/c1-4-18-16(19-12-15-8-11-22-13-15)20-14-17(2,3)21-9-6-5-7-10-21/h8,11,13H,4-7,9-10,12,14H2,1-3H3,(H2,18,19,20). The van der Waals surface area contributed by atoms with Gasteiger partial charge in [0.2, 0.25) is 0 Å². The molecule has 0 aromatic carbocycles. The van der Waals surface area contributed by atoms with Gasteiger partial charge < -0.3 is 10.6 Å². The molecule has 0 amide bonds. The molecule has 2 rings (SSSR count). The SMILES string of the molecule is CCNC(=NCc1ccsc1)NCC(C)(C)N1CCCCC1. The number of likely N-dealkylation sites (tertiary alicyclic amines) is 1. The van der Waals surface area contributed by atoms with Gasteiger partial charge in [0, 0.05) is 18.6 Å². The molecule has 124 valence electrons. The second-order valence-corrected chi connectivity index (χ2v) is 7.32. The van der Waals surface area contributed by atoms with E-state index in [0.717, 1.165) is 25.6 Å². The van der Waals surface area contributed by atoms with E-state index in [1.807, 2.05) is 0 Å². The molecule has 2 heterocycles. The molecule has 1 saturated heterocycles. The number of nitrogens with zero attached hydrogens (tertiary/aromatic N) is 2. The third-order valence-electron chi connectivity index (χ3n) is 4.24. The fraction of sp³-hybridized carbons (Fsp3) is 0.706. The molecule has 0 radical (unpaired) electrons. The number of nitrogens with one attached hydrogen (secondary N) is 2. The van der Waals surface area contributed by atoms with Crippen LogP contribution in [0.15, 0.2) is 21.8 Å². The molecule has 1 aliphatic rings. The number of hydrogen-bond donors (Lipinski definition) is 2. The summed E-state index contributed by atoms with van der Waals surface area (Å²) in [7, 11) is 0. The van der Waals surface area contributed by atoms with Crippen LogP contribution in [0, 0.1) is 0 Å². The zero-order valence-electron chi connectivity index (χ0n) is 14.2. The lowest BCUT2D eigenvalue weighted by molar-refractivity contribution is 0.0982. The van der Waals surface area contributed by atoms with E-state index in [2.05, 4.69) is 58.1 Å². The van der Waals surface area contributed by atoms with E-state index in [1.54, 1.807) is 11.3 Å². The topological polar surface area (TPSA) is 39.7 Å². The normalized spacial score (nSPS) is 17.5. The summed E-state index contributed by atoms with van der Waals surface area (Å²) in [6.07, 6.45) is 4.04. The number of hydrogen-bond acceptors (Lipinski definition) is 3. The molecule has 1 aromatic heterocycles. The Morgan fingerprint density at radius 2 is 2.05 bits per heavy atom. The van der Waals surface area contributed by atoms with E-state index in [1.165, 1.54) is 37.9 Å². The zero-order chi connectivity index (χ0) is 15.8. The summed E-state index contributed by atoms with van der Waals surface area (Å²) in [4.78, 5) is 7.29. The van der Waals surface area contributed by atoms with Gasteiger partial charge in [0.15, 0.2) is 5.96 Å². The summed E-state index contributed by atoms with van der Waals surface area (Å²) in [5, 5.41) is 11.1. The van der Waals surface area contributed by atoms with Crippen molar-refractivity contribution < 1.29 is 0 Å². The molecule has 0 bridgehead atoms. The molecule has 1 fully saturated rings. The quantitative estimate of drug-likeness (QED) is 0.624. The van der Waals surface area contributed by atoms with Gasteiger partial charge >= 0.3 is 0 Å². The first-order valence-corrected chi connectivity index (χ1v) is 9.34. The molecule has 1 aromatic rings. The minimum absolute atomic E-state index is 0.166. The van der Waals surface area contributed by atoms with E-state index < -0.39 is 0 Å². The van der Waals surface area contributed by atoms with E-state index in [0.29, 0.717) is 0 Å². The first-order valence-electron chi connectivity index (χ1n) is 8.40. The van der Waals surface area contributed by atoms with E-state index in [-0.39, 0.29) is 5.54 Å². The van der Waals surface area contributed by atoms with Crippen LogP contribution in [0.3, 0.4) is 0 Å². The first-order chi connectivity index (χ1) is 10.6. The predicted molar refractivity (Wildman–Crippen MR) is 96.6 cm³/mol. The second-order valence-electron chi connectivity index (χ2n) is 6.54. The van der Waals surface area contributed by atoms with Crippen molar-refractivity contribution in [2.24, 2.45) is 4.99 Å². The maximum absolute atomic E-state index is 4.69. The minimum atomic E-state index is 0.166. The Labute approximate surface area is 139 Å². The number of piperidine rings is 1. The monoisotopic (exact) mass is 322 g/mol. The van der Waals surface area contributed by atoms with Gasteiger partial charge in [-0.05, 0) is 69.1 Å². The number of aliphatic imine (C=N–C) groups is 1. The van der Waals surface area contributed by atoms with Gasteiger partial charge in [0.25, 0.3) is 0 Å². The Balaban J connectivity index is 1.88. The van der Waals surface area contributed by atoms with Gasteiger partial charge in [-0.3, -0.25) is 4.90 Å². The summed E-state index contributed by atoms with van der Waals surface area (Å²) in [5.41, 5.74) is 1.44. The zero-order valence-corrected chi connectivity index (χ0v) is 15.0. The maximum atomic E-state index is 4.69. The third-order valence-corrected chi connectivity index (χ3v) is 4.98. The average Bonchev–Trinajstić information content (AvgIpc) is 3.04. The molecular weight excluding hydrogens is 292 g/mol. The van der Waals surface area contributed by atoms with Crippen LogP contribution < -0.4 is 10.6 Å². The van der Waals surface area contributed by atoms with Gasteiger partial charge in [-0.2, -0.15) is 11.3 Å². The van der Waals surface area contributed by atoms with Crippen LogP contribution in [0.25, 0.3) is 0 Å². The minimum Gasteiger partial charge on any atom is -0.357 e. The Kier molecular flexibility index (Phi) is 6.70. The van der Waals surface area contributed by atoms with Crippen LogP contribution in [0.1, 0.15) is 45.6 Å². The van der Waals surface area contributed by atoms with Crippen molar-refractivity contribution >= 4 is 17.3 Å². The smallest absolute Gasteiger partial charge is 0.191 e. The summed E-state index contributed by atoms with van der Waals surface area (Å²) in [5.74, 6) is 0.916. The van der Waals surface area contributed by atoms with Gasteiger partial charge in [-0.15, -0.1) is 0 Å². The van der Waals surface area contributed by atoms with Gasteiger partial charge in [-0.1, -0.05) is 6.42 Å². The van der Waals surface area contributed by atoms with Gasteiger partial charge in [0.1, 0.15) is 0 Å². The van der Waals surface area contributed by atoms with Crippen molar-refractivity contribution in [2.45, 2.75) is 52.1 Å². The number of rotatable bonds is 6. The van der Waals surface area contributed by atoms with Crippen molar-refractivity contribution in [2.75, 3.05) is 26.2 Å². The molecule has 1 aliphatic heterocycles. The molecule has 0 spiro atoms. The lowest BCUT2D eigenvalue weighted by Crippen LogP contribution is -2.54. The van der Waals surface area contributed by atoms with Crippen molar-refractivity contribution in [3.63, 3.8) is 0 Å². The highest BCUT2D eigenvalue weighted by atomic mass is 32.1. The van der Waals surface area contributed by atoms with Gasteiger partial charge in [0.05, 0.1) is 6.54 Å². The van der Waals surface area contributed by atoms with Crippen molar-refractivity contribution in [3.8, 4) is 0 Å². The van der Waals surface area contributed by atoms with Crippen LogP contribution in [0.2, 0.25) is 0 Å². The Morgan fingerprint density at radius 1 is 1.27 bits per heavy atom. The van der Waals surface area contributed by atoms with Crippen LogP contribution >= 0.6 is 11.3 Å². The predicted octanol–water partition coefficient (Wildman–Crippen LogP) is 3.07. The average molecular weight is 323 g/mol. The molecular formula is C17H30N4S. The molecule has 4 nitrogen and oxygen atoms in total. The highest BCUT2D eigenvalue weighted by Gasteiger charge is 2.27. The van der Waals surface area contributed by atoms with Crippen molar-refractivity contribution in [3.05, 3.63) is 22.4 Å². The molecule has 2 N–H and O–H groups in total.